The molecule has 39 heavy (non-hydrogen) atoms. The van der Waals surface area contributed by atoms with Crippen molar-refractivity contribution in [3.8, 4) is 17.2 Å². The van der Waals surface area contributed by atoms with E-state index in [2.05, 4.69) is 66.6 Å². The van der Waals surface area contributed by atoms with E-state index < -0.39 is 0 Å². The summed E-state index contributed by atoms with van der Waals surface area (Å²) in [4.78, 5) is 14.5. The predicted octanol–water partition coefficient (Wildman–Crippen LogP) is 5.35. The third-order valence-electron chi connectivity index (χ3n) is 8.80. The van der Waals surface area contributed by atoms with Gasteiger partial charge in [-0.2, -0.15) is 0 Å². The monoisotopic (exact) mass is 525 g/mol. The zero-order valence-corrected chi connectivity index (χ0v) is 22.7. The number of carbonyl (C=O) groups is 1. The van der Waals surface area contributed by atoms with Crippen LogP contribution >= 0.6 is 0 Å². The number of hydrogen-bond acceptors (Lipinski definition) is 6. The minimum absolute atomic E-state index is 0.193. The molecule has 202 valence electrons. The molecule has 0 radical (unpaired) electrons. The molecule has 0 aromatic heterocycles. The van der Waals surface area contributed by atoms with Crippen molar-refractivity contribution < 1.29 is 23.7 Å². The van der Waals surface area contributed by atoms with Crippen LogP contribution < -0.4 is 14.2 Å². The quantitative estimate of drug-likeness (QED) is 0.319. The molecule has 3 aliphatic rings. The van der Waals surface area contributed by atoms with Crippen LogP contribution in [0.25, 0.3) is 0 Å². The lowest BCUT2D eigenvalue weighted by atomic mass is 9.57. The number of methoxy groups -OCH3 is 2. The van der Waals surface area contributed by atoms with E-state index in [1.807, 2.05) is 18.2 Å². The second-order valence-electron chi connectivity index (χ2n) is 10.9. The van der Waals surface area contributed by atoms with Gasteiger partial charge in [-0.25, -0.2) is 4.79 Å². The molecule has 6 bridgehead atoms. The van der Waals surface area contributed by atoms with Gasteiger partial charge in [-0.15, -0.1) is 0 Å². The number of nitrogens with zero attached hydrogens (tertiary/aromatic N) is 1. The van der Waals surface area contributed by atoms with Gasteiger partial charge in [0.25, 0.3) is 0 Å². The maximum Gasteiger partial charge on any atom is 0.337 e. The van der Waals surface area contributed by atoms with E-state index >= 15 is 0 Å². The highest BCUT2D eigenvalue weighted by atomic mass is 16.6. The molecule has 1 fully saturated rings. The van der Waals surface area contributed by atoms with Crippen molar-refractivity contribution in [2.75, 3.05) is 27.8 Å². The first-order valence-corrected chi connectivity index (χ1v) is 13.6. The van der Waals surface area contributed by atoms with Gasteiger partial charge in [0.05, 0.1) is 19.8 Å². The second kappa shape index (κ2) is 10.4. The zero-order chi connectivity index (χ0) is 27.0. The van der Waals surface area contributed by atoms with Gasteiger partial charge in [0.1, 0.15) is 11.9 Å². The highest BCUT2D eigenvalue weighted by Crippen LogP contribution is 2.53. The topological polar surface area (TPSA) is 57.2 Å². The highest BCUT2D eigenvalue weighted by molar-refractivity contribution is 5.89. The van der Waals surface area contributed by atoms with Crippen molar-refractivity contribution in [1.29, 1.82) is 0 Å². The van der Waals surface area contributed by atoms with Crippen LogP contribution in [0, 0.1) is 11.3 Å². The van der Waals surface area contributed by atoms with Crippen LogP contribution in [0.15, 0.2) is 84.9 Å². The van der Waals surface area contributed by atoms with Gasteiger partial charge in [0, 0.05) is 17.4 Å². The summed E-state index contributed by atoms with van der Waals surface area (Å²) in [7, 11) is 5.32. The zero-order valence-electron chi connectivity index (χ0n) is 22.7. The van der Waals surface area contributed by atoms with Gasteiger partial charge in [-0.3, -0.25) is 0 Å². The number of esters is 1. The first-order valence-electron chi connectivity index (χ1n) is 13.6. The van der Waals surface area contributed by atoms with Gasteiger partial charge in [-0.1, -0.05) is 42.5 Å². The number of fused-ring (bicyclic) bond motifs is 2. The number of likely N-dealkylation sites (tertiary alicyclic amines) is 1. The van der Waals surface area contributed by atoms with E-state index in [4.69, 9.17) is 18.9 Å². The molecule has 3 aromatic rings. The fourth-order valence-electron chi connectivity index (χ4n) is 6.80. The Hall–Kier alpha value is -3.77. The van der Waals surface area contributed by atoms with Gasteiger partial charge in [-0.05, 0) is 86.5 Å². The summed E-state index contributed by atoms with van der Waals surface area (Å²) < 4.78 is 24.3. The minimum Gasteiger partial charge on any atom is -0.493 e. The van der Waals surface area contributed by atoms with E-state index in [9.17, 15) is 4.79 Å². The SMILES string of the molecule is COC(=O)c1ccc(O[C@H]2C=C[C@H]3[C@H]4Cc5ccc(OC)c(c5)O[C@@H]2[C@@]3(Cc2ccccc2)CCN4C)cc1. The van der Waals surface area contributed by atoms with Gasteiger partial charge in [0.15, 0.2) is 17.6 Å². The van der Waals surface area contributed by atoms with Gasteiger partial charge in [0.2, 0.25) is 0 Å². The molecule has 1 aliphatic carbocycles. The molecule has 5 atom stereocenters. The molecule has 0 saturated carbocycles. The van der Waals surface area contributed by atoms with Crippen molar-refractivity contribution in [2.24, 2.45) is 11.3 Å². The van der Waals surface area contributed by atoms with Crippen LogP contribution in [0.2, 0.25) is 0 Å². The Morgan fingerprint density at radius 2 is 1.82 bits per heavy atom. The van der Waals surface area contributed by atoms with Gasteiger partial charge < -0.3 is 23.8 Å². The number of benzene rings is 3. The average molecular weight is 526 g/mol. The van der Waals surface area contributed by atoms with Crippen molar-refractivity contribution in [3.05, 3.63) is 102 Å². The summed E-state index contributed by atoms with van der Waals surface area (Å²) in [5.74, 6) is 2.08. The molecule has 0 N–H and O–H groups in total. The number of likely N-dealkylation sites (N-methyl/N-ethyl adjacent to an activating group) is 1. The summed E-state index contributed by atoms with van der Waals surface area (Å²) in [6.07, 6.45) is 6.78. The van der Waals surface area contributed by atoms with E-state index in [0.717, 1.165) is 37.3 Å². The van der Waals surface area contributed by atoms with Crippen molar-refractivity contribution in [3.63, 3.8) is 0 Å². The Morgan fingerprint density at radius 1 is 1.03 bits per heavy atom. The molecule has 0 spiro atoms. The third-order valence-corrected chi connectivity index (χ3v) is 8.80. The maximum atomic E-state index is 12.0. The molecule has 1 saturated heterocycles. The molecule has 3 aromatic carbocycles. The van der Waals surface area contributed by atoms with E-state index in [0.29, 0.717) is 17.4 Å². The molecule has 6 nitrogen and oxygen atoms in total. The molecule has 6 heteroatoms. The first-order chi connectivity index (χ1) is 19.0. The number of ether oxygens (including phenoxy) is 4. The second-order valence-corrected chi connectivity index (χ2v) is 10.9. The average Bonchev–Trinajstić information content (AvgIpc) is 2.97. The van der Waals surface area contributed by atoms with Crippen molar-refractivity contribution >= 4 is 5.97 Å². The van der Waals surface area contributed by atoms with Crippen LogP contribution in [0.1, 0.15) is 27.9 Å². The van der Waals surface area contributed by atoms with Gasteiger partial charge >= 0.3 is 5.97 Å². The lowest BCUT2D eigenvalue weighted by molar-refractivity contribution is -0.0993. The fourth-order valence-corrected chi connectivity index (χ4v) is 6.80. The van der Waals surface area contributed by atoms with Crippen LogP contribution in [-0.4, -0.2) is 56.9 Å². The maximum absolute atomic E-state index is 12.0. The third kappa shape index (κ3) is 4.67. The van der Waals surface area contributed by atoms with E-state index in [-0.39, 0.29) is 29.5 Å². The molecule has 2 heterocycles. The fraction of sp³-hybridized carbons (Fsp3) is 0.364. The van der Waals surface area contributed by atoms with Crippen LogP contribution in [0.3, 0.4) is 0 Å². The number of hydrogen-bond donors (Lipinski definition) is 0. The Morgan fingerprint density at radius 3 is 2.56 bits per heavy atom. The summed E-state index contributed by atoms with van der Waals surface area (Å²) in [6.45, 7) is 0.982. The molecule has 2 aliphatic heterocycles. The molecule has 0 amide bonds. The summed E-state index contributed by atoms with van der Waals surface area (Å²) in [5.41, 5.74) is 2.84. The lowest BCUT2D eigenvalue weighted by Crippen LogP contribution is -2.63. The predicted molar refractivity (Wildman–Crippen MR) is 150 cm³/mol. The highest BCUT2D eigenvalue weighted by Gasteiger charge is 2.57. The minimum atomic E-state index is -0.368. The Balaban J connectivity index is 1.45. The summed E-state index contributed by atoms with van der Waals surface area (Å²) >= 11 is 0. The van der Waals surface area contributed by atoms with E-state index in [1.54, 1.807) is 19.2 Å². The summed E-state index contributed by atoms with van der Waals surface area (Å²) in [5, 5.41) is 0. The number of piperidine rings is 1. The van der Waals surface area contributed by atoms with Crippen LogP contribution in [0.4, 0.5) is 0 Å². The molecule has 0 unspecified atom stereocenters. The largest absolute Gasteiger partial charge is 0.493 e. The first kappa shape index (κ1) is 25.5. The molecular formula is C33H35NO5. The number of carbonyl (C=O) groups excluding carboxylic acids is 1. The molecule has 6 rings (SSSR count). The van der Waals surface area contributed by atoms with Crippen molar-refractivity contribution in [2.45, 2.75) is 37.5 Å². The summed E-state index contributed by atoms with van der Waals surface area (Å²) in [6, 6.07) is 24.5. The van der Waals surface area contributed by atoms with Crippen molar-refractivity contribution in [1.82, 2.24) is 4.90 Å². The Bertz CT molecular complexity index is 1350. The molecular weight excluding hydrogens is 490 g/mol. The number of rotatable bonds is 6. The Labute approximate surface area is 230 Å². The van der Waals surface area contributed by atoms with Crippen LogP contribution in [-0.2, 0) is 17.6 Å². The Kier molecular flexibility index (Phi) is 6.81. The standard InChI is InChI=1S/C33H35NO5/c1-34-18-17-33(21-22-7-5-4-6-8-22)26-14-16-29(38-25-12-10-24(11-13-25)32(35)37-3)31(33)39-30-20-23(19-27(26)34)9-15-28(30)36-2/h4-16,20,26-27,29,31H,17-19,21H2,1-3H3/t26-,27+,29-,31-,33+/m0/s1. The van der Waals surface area contributed by atoms with E-state index in [1.165, 1.54) is 18.2 Å². The normalized spacial score (nSPS) is 27.4. The van der Waals surface area contributed by atoms with Crippen LogP contribution in [0.5, 0.6) is 17.2 Å². The smallest absolute Gasteiger partial charge is 0.337 e. The lowest BCUT2D eigenvalue weighted by Gasteiger charge is -2.56.